The highest BCUT2D eigenvalue weighted by molar-refractivity contribution is 6.30. The summed E-state index contributed by atoms with van der Waals surface area (Å²) in [4.78, 5) is 23.0. The molecule has 0 aliphatic rings. The molecule has 0 aliphatic carbocycles. The van der Waals surface area contributed by atoms with Crippen molar-refractivity contribution in [3.8, 4) is 0 Å². The molecular weight excluding hydrogens is 220 g/mol. The van der Waals surface area contributed by atoms with Gasteiger partial charge in [0.15, 0.2) is 0 Å². The quantitative estimate of drug-likeness (QED) is 0.801. The van der Waals surface area contributed by atoms with Gasteiger partial charge in [0.2, 0.25) is 0 Å². The van der Waals surface area contributed by atoms with E-state index in [1.54, 1.807) is 4.98 Å². The van der Waals surface area contributed by atoms with Crippen LogP contribution in [-0.4, -0.2) is 16.1 Å². The number of carbonyl (C=O) groups is 1. The lowest BCUT2D eigenvalue weighted by atomic mass is 10.2. The third-order valence-electron chi connectivity index (χ3n) is 1.48. The van der Waals surface area contributed by atoms with Gasteiger partial charge in [-0.15, -0.1) is 0 Å². The van der Waals surface area contributed by atoms with Gasteiger partial charge < -0.3 is 10.1 Å². The average Bonchev–Trinajstić information content (AvgIpc) is 2.08. The van der Waals surface area contributed by atoms with E-state index in [2.05, 4.69) is 0 Å². The molecule has 0 aliphatic heterocycles. The number of alkyl halides is 2. The Kier molecular flexibility index (Phi) is 2.85. The Morgan fingerprint density at radius 1 is 1.57 bits per heavy atom. The lowest BCUT2D eigenvalue weighted by Crippen LogP contribution is -2.16. The van der Waals surface area contributed by atoms with Crippen LogP contribution < -0.4 is 5.56 Å². The van der Waals surface area contributed by atoms with E-state index in [1.807, 2.05) is 0 Å². The number of hydrogen-bond acceptors (Lipinski definition) is 2. The highest BCUT2D eigenvalue weighted by Crippen LogP contribution is 2.22. The predicted octanol–water partition coefficient (Wildman–Crippen LogP) is 1.66. The second-order valence-corrected chi connectivity index (χ2v) is 2.79. The third-order valence-corrected chi connectivity index (χ3v) is 1.76. The topological polar surface area (TPSA) is 70.2 Å². The molecule has 7 heteroatoms. The number of rotatable bonds is 2. The minimum absolute atomic E-state index is 0.467. The summed E-state index contributed by atoms with van der Waals surface area (Å²) in [6.45, 7) is 0. The molecule has 1 aromatic heterocycles. The van der Waals surface area contributed by atoms with Gasteiger partial charge in [-0.05, 0) is 6.07 Å². The standard InChI is InChI=1S/C7H4ClF2NO3/c8-3-1-2(5(9)10)4(7(13)14)11-6(3)12/h1,5H,(H,11,12)(H,13,14). The van der Waals surface area contributed by atoms with Crippen LogP contribution in [0.15, 0.2) is 10.9 Å². The van der Waals surface area contributed by atoms with Gasteiger partial charge in [0.05, 0.1) is 5.56 Å². The molecule has 0 fully saturated rings. The molecule has 4 nitrogen and oxygen atoms in total. The maximum atomic E-state index is 12.3. The molecule has 0 radical (unpaired) electrons. The van der Waals surface area contributed by atoms with Gasteiger partial charge in [0.25, 0.3) is 12.0 Å². The van der Waals surface area contributed by atoms with Crippen LogP contribution in [-0.2, 0) is 0 Å². The van der Waals surface area contributed by atoms with E-state index in [0.717, 1.165) is 0 Å². The molecule has 0 bridgehead atoms. The van der Waals surface area contributed by atoms with Crippen LogP contribution in [0, 0.1) is 0 Å². The van der Waals surface area contributed by atoms with Crippen LogP contribution in [0.5, 0.6) is 0 Å². The van der Waals surface area contributed by atoms with Crippen LogP contribution >= 0.6 is 11.6 Å². The molecule has 0 spiro atoms. The maximum absolute atomic E-state index is 12.3. The monoisotopic (exact) mass is 223 g/mol. The summed E-state index contributed by atoms with van der Waals surface area (Å²) in [5.74, 6) is -1.63. The molecule has 14 heavy (non-hydrogen) atoms. The number of aromatic amines is 1. The highest BCUT2D eigenvalue weighted by atomic mass is 35.5. The highest BCUT2D eigenvalue weighted by Gasteiger charge is 2.20. The molecule has 2 N–H and O–H groups in total. The SMILES string of the molecule is O=C(O)c1[nH]c(=O)c(Cl)cc1C(F)F. The summed E-state index contributed by atoms with van der Waals surface area (Å²) < 4.78 is 24.5. The number of aromatic nitrogens is 1. The first-order chi connectivity index (χ1) is 6.43. The summed E-state index contributed by atoms with van der Waals surface area (Å²) >= 11 is 5.26. The van der Waals surface area contributed by atoms with Crippen molar-refractivity contribution in [3.05, 3.63) is 32.7 Å². The lowest BCUT2D eigenvalue weighted by molar-refractivity contribution is 0.0676. The zero-order chi connectivity index (χ0) is 10.9. The number of H-pyrrole nitrogens is 1. The normalized spacial score (nSPS) is 10.6. The molecule has 0 aromatic carbocycles. The third kappa shape index (κ3) is 1.90. The Morgan fingerprint density at radius 3 is 2.57 bits per heavy atom. The first-order valence-electron chi connectivity index (χ1n) is 3.37. The number of carboxylic acid groups (broad SMARTS) is 1. The van der Waals surface area contributed by atoms with Crippen molar-refractivity contribution in [1.29, 1.82) is 0 Å². The van der Waals surface area contributed by atoms with Crippen LogP contribution in [0.2, 0.25) is 5.02 Å². The molecule has 0 saturated heterocycles. The minimum atomic E-state index is -3.00. The molecule has 1 aromatic rings. The molecule has 1 heterocycles. The smallest absolute Gasteiger partial charge is 0.352 e. The van der Waals surface area contributed by atoms with Crippen LogP contribution in [0.1, 0.15) is 22.5 Å². The molecular formula is C7H4ClF2NO3. The van der Waals surface area contributed by atoms with E-state index in [9.17, 15) is 18.4 Å². The molecule has 76 valence electrons. The number of aromatic carboxylic acids is 1. The average molecular weight is 224 g/mol. The van der Waals surface area contributed by atoms with Gasteiger partial charge in [0, 0.05) is 0 Å². The fourth-order valence-electron chi connectivity index (χ4n) is 0.869. The Balaban J connectivity index is 3.47. The zero-order valence-corrected chi connectivity index (χ0v) is 7.31. The number of hydrogen-bond donors (Lipinski definition) is 2. The van der Waals surface area contributed by atoms with Crippen molar-refractivity contribution >= 4 is 17.6 Å². The van der Waals surface area contributed by atoms with E-state index >= 15 is 0 Å². The minimum Gasteiger partial charge on any atom is -0.477 e. The Labute approximate surface area is 81.1 Å². The van der Waals surface area contributed by atoms with E-state index in [-0.39, 0.29) is 0 Å². The maximum Gasteiger partial charge on any atom is 0.352 e. The summed E-state index contributed by atoms with van der Waals surface area (Å²) in [5, 5.41) is 8.02. The van der Waals surface area contributed by atoms with Crippen molar-refractivity contribution in [3.63, 3.8) is 0 Å². The van der Waals surface area contributed by atoms with Gasteiger partial charge in [0.1, 0.15) is 10.7 Å². The van der Waals surface area contributed by atoms with Gasteiger partial charge in [-0.25, -0.2) is 13.6 Å². The van der Waals surface area contributed by atoms with E-state index < -0.39 is 34.2 Å². The van der Waals surface area contributed by atoms with Gasteiger partial charge in [-0.3, -0.25) is 4.79 Å². The Hall–Kier alpha value is -1.43. The number of nitrogens with one attached hydrogen (secondary N) is 1. The summed E-state index contributed by atoms with van der Waals surface area (Å²) in [6, 6.07) is 0.647. The van der Waals surface area contributed by atoms with Gasteiger partial charge in [-0.2, -0.15) is 0 Å². The van der Waals surface area contributed by atoms with Gasteiger partial charge >= 0.3 is 5.97 Å². The molecule has 0 unspecified atom stereocenters. The summed E-state index contributed by atoms with van der Waals surface area (Å²) in [5.41, 5.74) is -2.55. The largest absolute Gasteiger partial charge is 0.477 e. The summed E-state index contributed by atoms with van der Waals surface area (Å²) in [6.07, 6.45) is -3.00. The van der Waals surface area contributed by atoms with Crippen molar-refractivity contribution in [1.82, 2.24) is 4.98 Å². The predicted molar refractivity (Wildman–Crippen MR) is 44.0 cm³/mol. The first kappa shape index (κ1) is 10.6. The molecule has 0 atom stereocenters. The zero-order valence-electron chi connectivity index (χ0n) is 6.55. The van der Waals surface area contributed by atoms with Crippen molar-refractivity contribution < 1.29 is 18.7 Å². The Bertz CT molecular complexity index is 429. The number of carboxylic acids is 1. The van der Waals surface area contributed by atoms with Crippen LogP contribution in [0.25, 0.3) is 0 Å². The van der Waals surface area contributed by atoms with Crippen LogP contribution in [0.4, 0.5) is 8.78 Å². The molecule has 1 rings (SSSR count). The lowest BCUT2D eigenvalue weighted by Gasteiger charge is -2.04. The fourth-order valence-corrected chi connectivity index (χ4v) is 1.03. The van der Waals surface area contributed by atoms with Crippen LogP contribution in [0.3, 0.4) is 0 Å². The second kappa shape index (κ2) is 3.75. The van der Waals surface area contributed by atoms with Crippen molar-refractivity contribution in [2.45, 2.75) is 6.43 Å². The van der Waals surface area contributed by atoms with E-state index in [4.69, 9.17) is 16.7 Å². The summed E-state index contributed by atoms with van der Waals surface area (Å²) in [7, 11) is 0. The van der Waals surface area contributed by atoms with Gasteiger partial charge in [-0.1, -0.05) is 11.6 Å². The van der Waals surface area contributed by atoms with E-state index in [1.165, 1.54) is 0 Å². The first-order valence-corrected chi connectivity index (χ1v) is 3.75. The van der Waals surface area contributed by atoms with Crippen molar-refractivity contribution in [2.75, 3.05) is 0 Å². The number of halogens is 3. The Morgan fingerprint density at radius 2 is 2.14 bits per heavy atom. The second-order valence-electron chi connectivity index (χ2n) is 2.38. The molecule has 0 amide bonds. The van der Waals surface area contributed by atoms with Crippen molar-refractivity contribution in [2.24, 2.45) is 0 Å². The molecule has 0 saturated carbocycles. The number of pyridine rings is 1. The van der Waals surface area contributed by atoms with E-state index in [0.29, 0.717) is 6.07 Å². The fraction of sp³-hybridized carbons (Fsp3) is 0.143.